The molecule has 0 amide bonds. The minimum Gasteiger partial charge on any atom is -1.00 e. The van der Waals surface area contributed by atoms with Crippen molar-refractivity contribution in [2.24, 2.45) is 0 Å². The number of ether oxygens (including phenoxy) is 1. The summed E-state index contributed by atoms with van der Waals surface area (Å²) in [6.07, 6.45) is 60.0. The molecule has 0 spiro atoms. The lowest BCUT2D eigenvalue weighted by atomic mass is 10.0. The standard InChI is InChI=1S/C53H92NO.BrH/c1-3-5-7-9-11-13-15-17-19-21-22-23-24-26-28-30-32-34-36-38-50-55-53-43-41-51(42-44-53)39-40-52-45-48-54(49-46-52)47-37-35-33-31-29-27-25-20-18-16-14-12-10-8-6-4-2;/h39-46,48-49H,3-38,47,50H2,1-2H3;1H/q+1;/p-1. The summed E-state index contributed by atoms with van der Waals surface area (Å²) < 4.78 is 8.38. The first-order chi connectivity index (χ1) is 27.3. The monoisotopic (exact) mass is 838 g/mol. The molecule has 0 aliphatic carbocycles. The largest absolute Gasteiger partial charge is 1.00 e. The maximum absolute atomic E-state index is 6.04. The third-order valence-corrected chi connectivity index (χ3v) is 11.8. The van der Waals surface area contributed by atoms with Crippen molar-refractivity contribution in [2.75, 3.05) is 6.61 Å². The van der Waals surface area contributed by atoms with Gasteiger partial charge in [0.05, 0.1) is 6.61 Å². The third-order valence-electron chi connectivity index (χ3n) is 11.8. The number of benzene rings is 1. The molecule has 0 fully saturated rings. The van der Waals surface area contributed by atoms with E-state index in [4.69, 9.17) is 4.74 Å². The zero-order valence-electron chi connectivity index (χ0n) is 37.4. The van der Waals surface area contributed by atoms with Crippen molar-refractivity contribution in [1.29, 1.82) is 0 Å². The molecule has 2 rings (SSSR count). The van der Waals surface area contributed by atoms with Crippen LogP contribution in [0.5, 0.6) is 5.75 Å². The van der Waals surface area contributed by atoms with E-state index in [2.05, 4.69) is 79.4 Å². The first kappa shape index (κ1) is 52.4. The van der Waals surface area contributed by atoms with E-state index in [0.717, 1.165) is 25.3 Å². The van der Waals surface area contributed by atoms with E-state index in [9.17, 15) is 0 Å². The van der Waals surface area contributed by atoms with E-state index < -0.39 is 0 Å². The molecule has 0 aliphatic rings. The highest BCUT2D eigenvalue weighted by molar-refractivity contribution is 5.69. The number of unbranched alkanes of at least 4 members (excludes halogenated alkanes) is 34. The molecule has 56 heavy (non-hydrogen) atoms. The first-order valence-corrected chi connectivity index (χ1v) is 24.7. The van der Waals surface area contributed by atoms with Crippen LogP contribution in [0, 0.1) is 0 Å². The third kappa shape index (κ3) is 33.4. The van der Waals surface area contributed by atoms with Gasteiger partial charge >= 0.3 is 0 Å². The molecule has 0 saturated carbocycles. The summed E-state index contributed by atoms with van der Waals surface area (Å²) in [5.41, 5.74) is 2.47. The SMILES string of the molecule is CCCCCCCCCCCCCCCCCCCCCCOc1ccc(C=Cc2cc[n+](CCCCCCCCCCCCCCCCCC)cc2)cc1.[Br-]. The van der Waals surface area contributed by atoms with Crippen molar-refractivity contribution in [3.8, 4) is 5.75 Å². The van der Waals surface area contributed by atoms with E-state index >= 15 is 0 Å². The maximum Gasteiger partial charge on any atom is 0.169 e. The minimum atomic E-state index is 0. The molecule has 0 bridgehead atoms. The molecule has 1 heterocycles. The average Bonchev–Trinajstić information content (AvgIpc) is 3.21. The van der Waals surface area contributed by atoms with Crippen molar-refractivity contribution in [1.82, 2.24) is 0 Å². The van der Waals surface area contributed by atoms with Gasteiger partial charge in [0.25, 0.3) is 0 Å². The highest BCUT2D eigenvalue weighted by Crippen LogP contribution is 2.18. The number of aryl methyl sites for hydroxylation is 1. The Balaban J connectivity index is 0.0000157. The van der Waals surface area contributed by atoms with Gasteiger partial charge in [-0.1, -0.05) is 250 Å². The van der Waals surface area contributed by atoms with Crippen LogP contribution in [0.1, 0.15) is 256 Å². The molecule has 0 aliphatic heterocycles. The summed E-state index contributed by atoms with van der Waals surface area (Å²) in [6, 6.07) is 13.1. The van der Waals surface area contributed by atoms with E-state index in [0.29, 0.717) is 0 Å². The van der Waals surface area contributed by atoms with Crippen LogP contribution in [0.15, 0.2) is 48.8 Å². The van der Waals surface area contributed by atoms with E-state index in [-0.39, 0.29) is 17.0 Å². The van der Waals surface area contributed by atoms with Crippen LogP contribution in [0.25, 0.3) is 12.2 Å². The predicted molar refractivity (Wildman–Crippen MR) is 245 cm³/mol. The smallest absolute Gasteiger partial charge is 0.169 e. The Morgan fingerprint density at radius 1 is 0.357 bits per heavy atom. The number of nitrogens with zero attached hydrogens (tertiary/aromatic N) is 1. The topological polar surface area (TPSA) is 13.1 Å². The molecule has 1 aromatic carbocycles. The van der Waals surface area contributed by atoms with Gasteiger partial charge in [0.15, 0.2) is 12.4 Å². The van der Waals surface area contributed by atoms with Crippen LogP contribution in [0.4, 0.5) is 0 Å². The van der Waals surface area contributed by atoms with Crippen LogP contribution in [-0.2, 0) is 6.54 Å². The molecule has 2 nitrogen and oxygen atoms in total. The van der Waals surface area contributed by atoms with E-state index in [1.54, 1.807) is 0 Å². The first-order valence-electron chi connectivity index (χ1n) is 24.7. The zero-order valence-corrected chi connectivity index (χ0v) is 39.0. The summed E-state index contributed by atoms with van der Waals surface area (Å²) in [6.45, 7) is 6.57. The molecule has 0 unspecified atom stereocenters. The maximum atomic E-state index is 6.04. The summed E-state index contributed by atoms with van der Waals surface area (Å²) in [5, 5.41) is 0. The lowest BCUT2D eigenvalue weighted by Crippen LogP contribution is -3.00. The fraction of sp³-hybridized carbons (Fsp3) is 0.755. The molecule has 0 radical (unpaired) electrons. The summed E-state index contributed by atoms with van der Waals surface area (Å²) in [5.74, 6) is 0.991. The van der Waals surface area contributed by atoms with Gasteiger partial charge in [0.1, 0.15) is 12.3 Å². The number of aromatic nitrogens is 1. The lowest BCUT2D eigenvalue weighted by Gasteiger charge is -2.07. The van der Waals surface area contributed by atoms with Gasteiger partial charge in [-0.15, -0.1) is 0 Å². The van der Waals surface area contributed by atoms with E-state index in [1.165, 1.54) is 236 Å². The molecule has 3 heteroatoms. The van der Waals surface area contributed by atoms with Crippen LogP contribution in [-0.4, -0.2) is 6.61 Å². The van der Waals surface area contributed by atoms with E-state index in [1.807, 2.05) is 0 Å². The number of hydrogen-bond donors (Lipinski definition) is 0. The minimum absolute atomic E-state index is 0. The van der Waals surface area contributed by atoms with Crippen molar-refractivity contribution < 1.29 is 26.3 Å². The van der Waals surface area contributed by atoms with Gasteiger partial charge in [0.2, 0.25) is 0 Å². The second-order valence-corrected chi connectivity index (χ2v) is 17.1. The van der Waals surface area contributed by atoms with Crippen molar-refractivity contribution in [3.05, 3.63) is 59.9 Å². The van der Waals surface area contributed by atoms with Crippen LogP contribution >= 0.6 is 0 Å². The van der Waals surface area contributed by atoms with Crippen LogP contribution in [0.3, 0.4) is 0 Å². The van der Waals surface area contributed by atoms with Crippen molar-refractivity contribution in [3.63, 3.8) is 0 Å². The Kier molecular flexibility index (Phi) is 38.9. The Morgan fingerprint density at radius 2 is 0.643 bits per heavy atom. The highest BCUT2D eigenvalue weighted by atomic mass is 79.9. The van der Waals surface area contributed by atoms with Gasteiger partial charge in [-0.3, -0.25) is 0 Å². The van der Waals surface area contributed by atoms with Gasteiger partial charge < -0.3 is 21.7 Å². The fourth-order valence-electron chi connectivity index (χ4n) is 7.99. The van der Waals surface area contributed by atoms with Gasteiger partial charge in [-0.2, -0.15) is 0 Å². The molecule has 1 aromatic heterocycles. The summed E-state index contributed by atoms with van der Waals surface area (Å²) in [4.78, 5) is 0. The quantitative estimate of drug-likeness (QED) is 0.0480. The molecule has 0 saturated heterocycles. The average molecular weight is 839 g/mol. The van der Waals surface area contributed by atoms with Gasteiger partial charge in [0, 0.05) is 18.6 Å². The highest BCUT2D eigenvalue weighted by Gasteiger charge is 2.02. The van der Waals surface area contributed by atoms with Crippen molar-refractivity contribution >= 4 is 12.2 Å². The molecular weight excluding hydrogens is 746 g/mol. The normalized spacial score (nSPS) is 11.4. The summed E-state index contributed by atoms with van der Waals surface area (Å²) in [7, 11) is 0. The number of pyridine rings is 1. The Bertz CT molecular complexity index is 1080. The molecule has 0 atom stereocenters. The second-order valence-electron chi connectivity index (χ2n) is 17.1. The second kappa shape index (κ2) is 41.5. The molecular formula is C53H92BrNO. The van der Waals surface area contributed by atoms with Crippen LogP contribution in [0.2, 0.25) is 0 Å². The fourth-order valence-corrected chi connectivity index (χ4v) is 7.99. The van der Waals surface area contributed by atoms with Crippen molar-refractivity contribution in [2.45, 2.75) is 252 Å². The Morgan fingerprint density at radius 3 is 0.982 bits per heavy atom. The summed E-state index contributed by atoms with van der Waals surface area (Å²) >= 11 is 0. The number of hydrogen-bond acceptors (Lipinski definition) is 1. The Labute approximate surface area is 360 Å². The number of rotatable bonds is 41. The molecule has 0 N–H and O–H groups in total. The van der Waals surface area contributed by atoms with Gasteiger partial charge in [-0.05, 0) is 36.1 Å². The number of halogens is 1. The Hall–Kier alpha value is -1.61. The van der Waals surface area contributed by atoms with Gasteiger partial charge in [-0.25, -0.2) is 4.57 Å². The molecule has 2 aromatic rings. The molecule has 322 valence electrons. The lowest BCUT2D eigenvalue weighted by molar-refractivity contribution is -0.697. The van der Waals surface area contributed by atoms with Crippen LogP contribution < -0.4 is 26.3 Å². The zero-order chi connectivity index (χ0) is 39.0. The predicted octanol–water partition coefficient (Wildman–Crippen LogP) is 14.6.